The highest BCUT2D eigenvalue weighted by atomic mass is 16.3. The smallest absolute Gasteiger partial charge is 0.264 e. The number of rotatable bonds is 5. The summed E-state index contributed by atoms with van der Waals surface area (Å²) in [5.74, 6) is -0.712. The highest BCUT2D eigenvalue weighted by molar-refractivity contribution is 6.10. The molecule has 1 aliphatic heterocycles. The van der Waals surface area contributed by atoms with Crippen molar-refractivity contribution in [1.29, 1.82) is 0 Å². The second-order valence-corrected chi connectivity index (χ2v) is 7.66. The van der Waals surface area contributed by atoms with Gasteiger partial charge in [-0.3, -0.25) is 9.59 Å². The predicted molar refractivity (Wildman–Crippen MR) is 113 cm³/mol. The number of aryl methyl sites for hydroxylation is 2. The van der Waals surface area contributed by atoms with E-state index in [9.17, 15) is 14.7 Å². The van der Waals surface area contributed by atoms with Crippen molar-refractivity contribution in [2.75, 3.05) is 4.90 Å². The van der Waals surface area contributed by atoms with Crippen LogP contribution in [0.25, 0.3) is 0 Å². The van der Waals surface area contributed by atoms with E-state index >= 15 is 0 Å². The van der Waals surface area contributed by atoms with Gasteiger partial charge in [0.15, 0.2) is 11.4 Å². The normalized spacial score (nSPS) is 18.0. The van der Waals surface area contributed by atoms with Gasteiger partial charge in [0.25, 0.3) is 5.91 Å². The molecule has 0 aliphatic carbocycles. The SMILES string of the molecule is Cc1ccc(C(=O)C[C@@]2(O)C(=O)N(Cc3ccccc3C)c3ccccc32)cc1. The predicted octanol–water partition coefficient (Wildman–Crippen LogP) is 4.31. The number of fused-ring (bicyclic) bond motifs is 1. The Morgan fingerprint density at radius 3 is 2.31 bits per heavy atom. The number of hydrogen-bond donors (Lipinski definition) is 1. The molecule has 3 aromatic rings. The Kier molecular flexibility index (Phi) is 4.81. The number of anilines is 1. The molecule has 4 rings (SSSR count). The molecule has 0 aromatic heterocycles. The summed E-state index contributed by atoms with van der Waals surface area (Å²) in [6.45, 7) is 4.29. The average Bonchev–Trinajstić information content (AvgIpc) is 2.92. The van der Waals surface area contributed by atoms with E-state index in [4.69, 9.17) is 0 Å². The maximum Gasteiger partial charge on any atom is 0.264 e. The van der Waals surface area contributed by atoms with Gasteiger partial charge in [-0.1, -0.05) is 72.3 Å². The summed E-state index contributed by atoms with van der Waals surface area (Å²) in [6, 6.07) is 22.2. The fraction of sp³-hybridized carbons (Fsp3) is 0.200. The Morgan fingerprint density at radius 1 is 0.931 bits per heavy atom. The number of ketones is 1. The van der Waals surface area contributed by atoms with Crippen LogP contribution in [0.15, 0.2) is 72.8 Å². The summed E-state index contributed by atoms with van der Waals surface area (Å²) in [5, 5.41) is 11.4. The van der Waals surface area contributed by atoms with Gasteiger partial charge >= 0.3 is 0 Å². The fourth-order valence-corrected chi connectivity index (χ4v) is 3.87. The number of amides is 1. The summed E-state index contributed by atoms with van der Waals surface area (Å²) in [6.07, 6.45) is -0.282. The Bertz CT molecular complexity index is 1090. The number of benzene rings is 3. The van der Waals surface area contributed by atoms with Crippen LogP contribution in [0.4, 0.5) is 5.69 Å². The third kappa shape index (κ3) is 3.36. The monoisotopic (exact) mass is 385 g/mol. The lowest BCUT2D eigenvalue weighted by molar-refractivity contribution is -0.136. The van der Waals surface area contributed by atoms with Crippen LogP contribution in [0.3, 0.4) is 0 Å². The van der Waals surface area contributed by atoms with Gasteiger partial charge in [0.05, 0.1) is 18.7 Å². The molecule has 0 fully saturated rings. The first-order chi connectivity index (χ1) is 13.9. The molecule has 0 radical (unpaired) electrons. The zero-order valence-corrected chi connectivity index (χ0v) is 16.6. The molecule has 1 amide bonds. The van der Waals surface area contributed by atoms with Crippen LogP contribution in [-0.4, -0.2) is 16.8 Å². The van der Waals surface area contributed by atoms with E-state index in [0.717, 1.165) is 16.7 Å². The van der Waals surface area contributed by atoms with E-state index in [1.165, 1.54) is 0 Å². The molecule has 0 bridgehead atoms. The number of para-hydroxylation sites is 1. The molecule has 1 heterocycles. The van der Waals surface area contributed by atoms with Crippen LogP contribution >= 0.6 is 0 Å². The molecule has 0 spiro atoms. The van der Waals surface area contributed by atoms with E-state index in [1.807, 2.05) is 62.4 Å². The highest BCUT2D eigenvalue weighted by Crippen LogP contribution is 2.43. The minimum atomic E-state index is -1.86. The molecule has 29 heavy (non-hydrogen) atoms. The molecule has 1 atom stereocenters. The van der Waals surface area contributed by atoms with Gasteiger partial charge in [0.2, 0.25) is 0 Å². The number of hydrogen-bond acceptors (Lipinski definition) is 3. The van der Waals surface area contributed by atoms with Gasteiger partial charge in [-0.15, -0.1) is 0 Å². The van der Waals surface area contributed by atoms with Gasteiger partial charge in [-0.05, 0) is 31.0 Å². The first-order valence-corrected chi connectivity index (χ1v) is 9.68. The number of carbonyl (C=O) groups excluding carboxylic acids is 2. The molecule has 4 nitrogen and oxygen atoms in total. The minimum absolute atomic E-state index is 0.256. The summed E-state index contributed by atoms with van der Waals surface area (Å²) < 4.78 is 0. The quantitative estimate of drug-likeness (QED) is 0.666. The topological polar surface area (TPSA) is 57.6 Å². The zero-order valence-electron chi connectivity index (χ0n) is 16.6. The first-order valence-electron chi connectivity index (χ1n) is 9.68. The molecule has 146 valence electrons. The van der Waals surface area contributed by atoms with Crippen molar-refractivity contribution in [3.8, 4) is 0 Å². The molecule has 4 heteroatoms. The third-order valence-corrected chi connectivity index (χ3v) is 5.62. The lowest BCUT2D eigenvalue weighted by Gasteiger charge is -2.23. The summed E-state index contributed by atoms with van der Waals surface area (Å²) >= 11 is 0. The highest BCUT2D eigenvalue weighted by Gasteiger charge is 2.50. The maximum absolute atomic E-state index is 13.3. The van der Waals surface area contributed by atoms with E-state index in [-0.39, 0.29) is 12.2 Å². The summed E-state index contributed by atoms with van der Waals surface area (Å²) in [4.78, 5) is 27.8. The van der Waals surface area contributed by atoms with Crippen molar-refractivity contribution < 1.29 is 14.7 Å². The number of Topliss-reactive ketones (excluding diaryl/α,β-unsaturated/α-hetero) is 1. The summed E-state index contributed by atoms with van der Waals surface area (Å²) in [5.41, 5.74) is 2.90. The largest absolute Gasteiger partial charge is 0.375 e. The molecule has 1 N–H and O–H groups in total. The van der Waals surface area contributed by atoms with E-state index in [1.54, 1.807) is 29.2 Å². The Balaban J connectivity index is 1.69. The van der Waals surface area contributed by atoms with Crippen LogP contribution < -0.4 is 4.90 Å². The zero-order chi connectivity index (χ0) is 20.6. The fourth-order valence-electron chi connectivity index (χ4n) is 3.87. The van der Waals surface area contributed by atoms with Crippen molar-refractivity contribution >= 4 is 17.4 Å². The molecular weight excluding hydrogens is 362 g/mol. The second-order valence-electron chi connectivity index (χ2n) is 7.66. The third-order valence-electron chi connectivity index (χ3n) is 5.62. The minimum Gasteiger partial charge on any atom is -0.375 e. The van der Waals surface area contributed by atoms with Gasteiger partial charge < -0.3 is 10.0 Å². The average molecular weight is 385 g/mol. The van der Waals surface area contributed by atoms with Crippen molar-refractivity contribution in [2.45, 2.75) is 32.4 Å². The van der Waals surface area contributed by atoms with Gasteiger partial charge in [0.1, 0.15) is 0 Å². The van der Waals surface area contributed by atoms with Crippen molar-refractivity contribution in [3.63, 3.8) is 0 Å². The van der Waals surface area contributed by atoms with E-state index in [2.05, 4.69) is 0 Å². The molecule has 3 aromatic carbocycles. The van der Waals surface area contributed by atoms with E-state index in [0.29, 0.717) is 23.4 Å². The lowest BCUT2D eigenvalue weighted by Crippen LogP contribution is -2.41. The van der Waals surface area contributed by atoms with Crippen LogP contribution in [-0.2, 0) is 16.9 Å². The molecule has 0 saturated heterocycles. The number of carbonyl (C=O) groups is 2. The number of aliphatic hydroxyl groups is 1. The lowest BCUT2D eigenvalue weighted by atomic mass is 9.88. The number of nitrogens with zero attached hydrogens (tertiary/aromatic N) is 1. The maximum atomic E-state index is 13.3. The second kappa shape index (κ2) is 7.30. The van der Waals surface area contributed by atoms with Gasteiger partial charge in [-0.2, -0.15) is 0 Å². The van der Waals surface area contributed by atoms with Crippen molar-refractivity contribution in [2.24, 2.45) is 0 Å². The van der Waals surface area contributed by atoms with Crippen LogP contribution in [0.1, 0.15) is 39.0 Å². The Morgan fingerprint density at radius 2 is 1.59 bits per heavy atom. The standard InChI is InChI=1S/C25H23NO3/c1-17-11-13-19(14-12-17)23(27)15-25(29)21-9-5-6-10-22(21)26(24(25)28)16-20-8-4-3-7-18(20)2/h3-14,29H,15-16H2,1-2H3/t25-/m0/s1. The van der Waals surface area contributed by atoms with Crippen LogP contribution in [0.5, 0.6) is 0 Å². The van der Waals surface area contributed by atoms with Crippen molar-refractivity contribution in [3.05, 3.63) is 101 Å². The van der Waals surface area contributed by atoms with Crippen LogP contribution in [0, 0.1) is 13.8 Å². The molecule has 0 unspecified atom stereocenters. The van der Waals surface area contributed by atoms with Gasteiger partial charge in [-0.25, -0.2) is 0 Å². The first kappa shape index (κ1) is 19.1. The van der Waals surface area contributed by atoms with Crippen LogP contribution in [0.2, 0.25) is 0 Å². The Hall–Kier alpha value is -3.24. The molecule has 1 aliphatic rings. The Labute approximate surface area is 170 Å². The summed E-state index contributed by atoms with van der Waals surface area (Å²) in [7, 11) is 0. The molecule has 0 saturated carbocycles. The molecular formula is C25H23NO3. The van der Waals surface area contributed by atoms with Crippen molar-refractivity contribution in [1.82, 2.24) is 0 Å². The van der Waals surface area contributed by atoms with Gasteiger partial charge in [0, 0.05) is 11.1 Å². The van der Waals surface area contributed by atoms with E-state index < -0.39 is 11.5 Å².